The first-order valence-electron chi connectivity index (χ1n) is 6.16. The van der Waals surface area contributed by atoms with E-state index in [0.29, 0.717) is 17.5 Å². The number of esters is 1. The first-order chi connectivity index (χ1) is 9.38. The molecular weight excluding hydrogens is 282 g/mol. The quantitative estimate of drug-likeness (QED) is 0.722. The number of carbonyl (C=O) groups excluding carboxylic acids is 1. The van der Waals surface area contributed by atoms with E-state index in [1.165, 1.54) is 19.2 Å². The van der Waals surface area contributed by atoms with Gasteiger partial charge in [-0.1, -0.05) is 12.1 Å². The van der Waals surface area contributed by atoms with Gasteiger partial charge in [-0.05, 0) is 31.0 Å². The highest BCUT2D eigenvalue weighted by atomic mass is 32.2. The number of hydrogen-bond acceptors (Lipinski definition) is 5. The summed E-state index contributed by atoms with van der Waals surface area (Å²) >= 11 is 0. The van der Waals surface area contributed by atoms with E-state index in [1.807, 2.05) is 0 Å². The second kappa shape index (κ2) is 7.37. The number of hydrogen-bond donors (Lipinski definition) is 2. The van der Waals surface area contributed by atoms with E-state index in [4.69, 9.17) is 5.11 Å². The third-order valence-corrected chi connectivity index (χ3v) is 4.15. The van der Waals surface area contributed by atoms with E-state index >= 15 is 0 Å². The normalized spacial score (nSPS) is 12.9. The molecule has 0 heterocycles. The average molecular weight is 301 g/mol. The minimum Gasteiger partial charge on any atom is -0.465 e. The topological polar surface area (TPSA) is 92.7 Å². The molecule has 0 radical (unpaired) electrons. The van der Waals surface area contributed by atoms with Gasteiger partial charge in [-0.3, -0.25) is 0 Å². The lowest BCUT2D eigenvalue weighted by molar-refractivity contribution is 0.0600. The van der Waals surface area contributed by atoms with Crippen molar-refractivity contribution in [1.82, 2.24) is 4.72 Å². The van der Waals surface area contributed by atoms with E-state index in [9.17, 15) is 13.2 Å². The summed E-state index contributed by atoms with van der Waals surface area (Å²) in [6.07, 6.45) is 0.362. The number of aliphatic hydroxyl groups excluding tert-OH is 1. The van der Waals surface area contributed by atoms with Crippen LogP contribution in [-0.2, 0) is 20.5 Å². The van der Waals surface area contributed by atoms with Crippen molar-refractivity contribution in [2.24, 2.45) is 0 Å². The molecule has 1 unspecified atom stereocenters. The minimum atomic E-state index is -3.47. The van der Waals surface area contributed by atoms with E-state index in [-0.39, 0.29) is 18.4 Å². The predicted octanol–water partition coefficient (Wildman–Crippen LogP) is 0.663. The predicted molar refractivity (Wildman–Crippen MR) is 74.7 cm³/mol. The molecule has 0 aromatic heterocycles. The van der Waals surface area contributed by atoms with Crippen LogP contribution in [-0.4, -0.2) is 39.3 Å². The molecule has 0 spiro atoms. The zero-order chi connectivity index (χ0) is 15.2. The maximum Gasteiger partial charge on any atom is 0.337 e. The van der Waals surface area contributed by atoms with E-state index in [0.717, 1.165) is 0 Å². The average Bonchev–Trinajstić information content (AvgIpc) is 2.37. The fraction of sp³-hybridized carbons (Fsp3) is 0.462. The molecule has 20 heavy (non-hydrogen) atoms. The maximum atomic E-state index is 11.9. The zero-order valence-corrected chi connectivity index (χ0v) is 12.3. The third kappa shape index (κ3) is 5.28. The summed E-state index contributed by atoms with van der Waals surface area (Å²) in [7, 11) is -2.19. The lowest BCUT2D eigenvalue weighted by Gasteiger charge is -2.13. The second-order valence-corrected chi connectivity index (χ2v) is 6.23. The van der Waals surface area contributed by atoms with Gasteiger partial charge in [0.25, 0.3) is 0 Å². The monoisotopic (exact) mass is 301 g/mol. The molecule has 1 aromatic carbocycles. The highest BCUT2D eigenvalue weighted by Gasteiger charge is 2.15. The maximum absolute atomic E-state index is 11.9. The van der Waals surface area contributed by atoms with Crippen LogP contribution in [0.1, 0.15) is 29.3 Å². The van der Waals surface area contributed by atoms with Crippen molar-refractivity contribution in [3.63, 3.8) is 0 Å². The van der Waals surface area contributed by atoms with Crippen molar-refractivity contribution in [3.05, 3.63) is 35.4 Å². The van der Waals surface area contributed by atoms with Gasteiger partial charge >= 0.3 is 5.97 Å². The Morgan fingerprint density at radius 2 is 1.95 bits per heavy atom. The molecule has 0 bridgehead atoms. The van der Waals surface area contributed by atoms with E-state index < -0.39 is 16.0 Å². The number of carbonyl (C=O) groups is 1. The van der Waals surface area contributed by atoms with Gasteiger partial charge in [0.15, 0.2) is 0 Å². The molecule has 1 aromatic rings. The van der Waals surface area contributed by atoms with Gasteiger partial charge in [0, 0.05) is 12.6 Å². The molecule has 0 amide bonds. The van der Waals surface area contributed by atoms with Crippen molar-refractivity contribution in [1.29, 1.82) is 0 Å². The molecule has 0 saturated carbocycles. The molecule has 1 atom stereocenters. The van der Waals surface area contributed by atoms with Crippen molar-refractivity contribution in [2.75, 3.05) is 13.7 Å². The standard InChI is InChI=1S/C13H19NO5S/c1-10(7-8-15)14-20(17,18)9-11-3-5-12(6-4-11)13(16)19-2/h3-6,10,14-15H,7-9H2,1-2H3. The fourth-order valence-electron chi connectivity index (χ4n) is 1.68. The lowest BCUT2D eigenvalue weighted by atomic mass is 10.1. The number of nitrogens with one attached hydrogen (secondary N) is 1. The molecule has 0 aliphatic rings. The number of aliphatic hydroxyl groups is 1. The van der Waals surface area contributed by atoms with E-state index in [1.54, 1.807) is 19.1 Å². The smallest absolute Gasteiger partial charge is 0.337 e. The van der Waals surface area contributed by atoms with Crippen LogP contribution in [0.15, 0.2) is 24.3 Å². The summed E-state index contributed by atoms with van der Waals surface area (Å²) in [5, 5.41) is 8.75. The summed E-state index contributed by atoms with van der Waals surface area (Å²) in [6.45, 7) is 1.62. The van der Waals surface area contributed by atoms with Gasteiger partial charge in [0.1, 0.15) is 0 Å². The highest BCUT2D eigenvalue weighted by molar-refractivity contribution is 7.88. The van der Waals surface area contributed by atoms with E-state index in [2.05, 4.69) is 9.46 Å². The summed E-state index contributed by atoms with van der Waals surface area (Å²) in [4.78, 5) is 11.3. The Bertz CT molecular complexity index is 538. The molecular formula is C13H19NO5S. The Hall–Kier alpha value is -1.44. The lowest BCUT2D eigenvalue weighted by Crippen LogP contribution is -2.34. The van der Waals surface area contributed by atoms with Crippen molar-refractivity contribution in [3.8, 4) is 0 Å². The highest BCUT2D eigenvalue weighted by Crippen LogP contribution is 2.09. The Kier molecular flexibility index (Phi) is 6.12. The number of sulfonamides is 1. The van der Waals surface area contributed by atoms with Gasteiger partial charge in [0.2, 0.25) is 10.0 Å². The zero-order valence-electron chi connectivity index (χ0n) is 11.5. The van der Waals surface area contributed by atoms with Gasteiger partial charge in [0.05, 0.1) is 18.4 Å². The van der Waals surface area contributed by atoms with Gasteiger partial charge in [-0.15, -0.1) is 0 Å². The summed E-state index contributed by atoms with van der Waals surface area (Å²) in [5.41, 5.74) is 0.941. The molecule has 0 aliphatic heterocycles. The van der Waals surface area contributed by atoms with Crippen molar-refractivity contribution in [2.45, 2.75) is 25.1 Å². The number of methoxy groups -OCH3 is 1. The molecule has 112 valence electrons. The molecule has 2 N–H and O–H groups in total. The molecule has 0 fully saturated rings. The molecule has 7 heteroatoms. The summed E-state index contributed by atoms with van der Waals surface area (Å²) in [5.74, 6) is -0.640. The van der Waals surface area contributed by atoms with Gasteiger partial charge in [-0.25, -0.2) is 17.9 Å². The van der Waals surface area contributed by atoms with Crippen LogP contribution in [0.2, 0.25) is 0 Å². The van der Waals surface area contributed by atoms with Crippen molar-refractivity contribution >= 4 is 16.0 Å². The molecule has 0 saturated heterocycles. The second-order valence-electron chi connectivity index (χ2n) is 4.48. The molecule has 6 nitrogen and oxygen atoms in total. The van der Waals surface area contributed by atoms with Crippen LogP contribution in [0.5, 0.6) is 0 Å². The first-order valence-corrected chi connectivity index (χ1v) is 7.81. The van der Waals surface area contributed by atoms with Gasteiger partial charge in [-0.2, -0.15) is 0 Å². The van der Waals surface area contributed by atoms with Crippen LogP contribution in [0.3, 0.4) is 0 Å². The van der Waals surface area contributed by atoms with Crippen LogP contribution >= 0.6 is 0 Å². The Morgan fingerprint density at radius 3 is 2.45 bits per heavy atom. The number of ether oxygens (including phenoxy) is 1. The van der Waals surface area contributed by atoms with Crippen molar-refractivity contribution < 1.29 is 23.1 Å². The number of benzene rings is 1. The SMILES string of the molecule is COC(=O)c1ccc(CS(=O)(=O)NC(C)CCO)cc1. The largest absolute Gasteiger partial charge is 0.465 e. The van der Waals surface area contributed by atoms with Crippen LogP contribution in [0.4, 0.5) is 0 Å². The third-order valence-electron chi connectivity index (χ3n) is 2.67. The first kappa shape index (κ1) is 16.6. The van der Waals surface area contributed by atoms with Gasteiger partial charge < -0.3 is 9.84 Å². The Balaban J connectivity index is 2.70. The minimum absolute atomic E-state index is 0.0719. The Morgan fingerprint density at radius 1 is 1.35 bits per heavy atom. The van der Waals surface area contributed by atoms with Crippen LogP contribution < -0.4 is 4.72 Å². The van der Waals surface area contributed by atoms with Crippen LogP contribution in [0.25, 0.3) is 0 Å². The number of rotatable bonds is 7. The molecule has 1 rings (SSSR count). The van der Waals surface area contributed by atoms with Crippen LogP contribution in [0, 0.1) is 0 Å². The summed E-state index contributed by atoms with van der Waals surface area (Å²) < 4.78 is 30.8. The molecule has 0 aliphatic carbocycles. The summed E-state index contributed by atoms with van der Waals surface area (Å²) in [6, 6.07) is 5.87. The Labute approximate surface area is 118 Å². The fourth-order valence-corrected chi connectivity index (χ4v) is 3.12.